The van der Waals surface area contributed by atoms with Gasteiger partial charge in [0.2, 0.25) is 0 Å². The molecule has 0 spiro atoms. The lowest BCUT2D eigenvalue weighted by Crippen LogP contribution is -2.56. The van der Waals surface area contributed by atoms with Crippen LogP contribution in [0.5, 0.6) is 0 Å². The van der Waals surface area contributed by atoms with Crippen molar-refractivity contribution in [3.63, 3.8) is 0 Å². The summed E-state index contributed by atoms with van der Waals surface area (Å²) < 4.78 is 13.6. The van der Waals surface area contributed by atoms with Crippen molar-refractivity contribution in [1.82, 2.24) is 10.2 Å². The lowest BCUT2D eigenvalue weighted by molar-refractivity contribution is 0.0598. The summed E-state index contributed by atoms with van der Waals surface area (Å²) >= 11 is 0. The maximum Gasteiger partial charge on any atom is 0.170 e. The van der Waals surface area contributed by atoms with Crippen molar-refractivity contribution in [3.05, 3.63) is 35.1 Å². The SMILES string of the molecule is CN(C)C1(CNCc2cc(F)cc(/C(N)=N/O)c2)CCC1. The van der Waals surface area contributed by atoms with E-state index < -0.39 is 0 Å². The van der Waals surface area contributed by atoms with E-state index in [1.54, 1.807) is 6.07 Å². The van der Waals surface area contributed by atoms with Crippen molar-refractivity contribution in [1.29, 1.82) is 0 Å². The quantitative estimate of drug-likeness (QED) is 0.322. The molecule has 1 aliphatic carbocycles. The van der Waals surface area contributed by atoms with Gasteiger partial charge in [-0.1, -0.05) is 5.16 Å². The number of hydrogen-bond acceptors (Lipinski definition) is 4. The highest BCUT2D eigenvalue weighted by Gasteiger charge is 2.38. The van der Waals surface area contributed by atoms with Gasteiger partial charge in [0.05, 0.1) is 0 Å². The number of likely N-dealkylation sites (N-methyl/N-ethyl adjacent to an activating group) is 1. The number of nitrogens with zero attached hydrogens (tertiary/aromatic N) is 2. The fourth-order valence-corrected chi connectivity index (χ4v) is 2.76. The lowest BCUT2D eigenvalue weighted by atomic mass is 9.75. The van der Waals surface area contributed by atoms with Crippen molar-refractivity contribution in [3.8, 4) is 0 Å². The van der Waals surface area contributed by atoms with Gasteiger partial charge in [-0.3, -0.25) is 0 Å². The van der Waals surface area contributed by atoms with E-state index in [1.165, 1.54) is 31.4 Å². The summed E-state index contributed by atoms with van der Waals surface area (Å²) in [6.07, 6.45) is 3.63. The fourth-order valence-electron chi connectivity index (χ4n) is 2.76. The number of nitrogens with one attached hydrogen (secondary N) is 1. The second-order valence-corrected chi connectivity index (χ2v) is 5.91. The number of rotatable bonds is 6. The number of oxime groups is 1. The molecule has 0 aromatic heterocycles. The molecule has 0 aliphatic heterocycles. The highest BCUT2D eigenvalue weighted by atomic mass is 19.1. The minimum absolute atomic E-state index is 0.0838. The summed E-state index contributed by atoms with van der Waals surface area (Å²) in [5, 5.41) is 15.0. The largest absolute Gasteiger partial charge is 0.409 e. The van der Waals surface area contributed by atoms with Crippen LogP contribution in [0.4, 0.5) is 4.39 Å². The van der Waals surface area contributed by atoms with E-state index in [4.69, 9.17) is 10.9 Å². The summed E-state index contributed by atoms with van der Waals surface area (Å²) in [6.45, 7) is 1.43. The van der Waals surface area contributed by atoms with Crippen LogP contribution < -0.4 is 11.1 Å². The van der Waals surface area contributed by atoms with Gasteiger partial charge in [0.25, 0.3) is 0 Å². The second-order valence-electron chi connectivity index (χ2n) is 5.91. The Morgan fingerprint density at radius 3 is 2.67 bits per heavy atom. The molecule has 116 valence electrons. The first kappa shape index (κ1) is 15.7. The Morgan fingerprint density at radius 1 is 1.43 bits per heavy atom. The Labute approximate surface area is 124 Å². The van der Waals surface area contributed by atoms with Crippen molar-refractivity contribution in [2.24, 2.45) is 10.9 Å². The van der Waals surface area contributed by atoms with E-state index >= 15 is 0 Å². The molecule has 0 heterocycles. The molecule has 1 aromatic carbocycles. The summed E-state index contributed by atoms with van der Waals surface area (Å²) in [5.74, 6) is -0.471. The highest BCUT2D eigenvalue weighted by molar-refractivity contribution is 5.97. The maximum absolute atomic E-state index is 13.6. The third kappa shape index (κ3) is 3.51. The molecule has 5 nitrogen and oxygen atoms in total. The number of benzene rings is 1. The first-order chi connectivity index (χ1) is 9.97. The molecule has 0 atom stereocenters. The minimum Gasteiger partial charge on any atom is -0.409 e. The predicted octanol–water partition coefficient (Wildman–Crippen LogP) is 1.49. The molecule has 0 radical (unpaired) electrons. The molecule has 0 amide bonds. The Hall–Kier alpha value is -1.66. The van der Waals surface area contributed by atoms with Crippen LogP contribution in [0.2, 0.25) is 0 Å². The van der Waals surface area contributed by atoms with E-state index in [2.05, 4.69) is 29.5 Å². The van der Waals surface area contributed by atoms with Crippen molar-refractivity contribution in [2.75, 3.05) is 20.6 Å². The minimum atomic E-state index is -0.387. The monoisotopic (exact) mass is 294 g/mol. The Bertz CT molecular complexity index is 526. The number of amidine groups is 1. The van der Waals surface area contributed by atoms with Crippen LogP contribution in [-0.4, -0.2) is 42.1 Å². The first-order valence-electron chi connectivity index (χ1n) is 7.12. The number of halogens is 1. The molecule has 0 unspecified atom stereocenters. The van der Waals surface area contributed by atoms with Crippen molar-refractivity contribution >= 4 is 5.84 Å². The summed E-state index contributed by atoms with van der Waals surface area (Å²) in [7, 11) is 4.19. The molecule has 0 bridgehead atoms. The highest BCUT2D eigenvalue weighted by Crippen LogP contribution is 2.35. The Morgan fingerprint density at radius 2 is 2.14 bits per heavy atom. The summed E-state index contributed by atoms with van der Waals surface area (Å²) in [5.41, 5.74) is 6.90. The van der Waals surface area contributed by atoms with E-state index in [0.29, 0.717) is 12.1 Å². The van der Waals surface area contributed by atoms with Crippen LogP contribution in [0.15, 0.2) is 23.4 Å². The van der Waals surface area contributed by atoms with Gasteiger partial charge in [-0.15, -0.1) is 0 Å². The molecular formula is C15H23FN4O. The molecule has 6 heteroatoms. The standard InChI is InChI=1S/C15H23FN4O/c1-20(2)15(4-3-5-15)10-18-9-11-6-12(14(17)19-21)8-13(16)7-11/h6-8,18,21H,3-5,9-10H2,1-2H3,(H2,17,19). The van der Waals surface area contributed by atoms with Crippen LogP contribution in [0.25, 0.3) is 0 Å². The first-order valence-corrected chi connectivity index (χ1v) is 7.12. The normalized spacial score (nSPS) is 17.8. The van der Waals surface area contributed by atoms with Gasteiger partial charge in [0.15, 0.2) is 5.84 Å². The smallest absolute Gasteiger partial charge is 0.170 e. The topological polar surface area (TPSA) is 73.9 Å². The average Bonchev–Trinajstić information content (AvgIpc) is 2.39. The fraction of sp³-hybridized carbons (Fsp3) is 0.533. The number of nitrogens with two attached hydrogens (primary N) is 1. The van der Waals surface area contributed by atoms with Crippen LogP contribution in [0.1, 0.15) is 30.4 Å². The zero-order chi connectivity index (χ0) is 15.5. The summed E-state index contributed by atoms with van der Waals surface area (Å²) in [6, 6.07) is 4.45. The van der Waals surface area contributed by atoms with Crippen LogP contribution >= 0.6 is 0 Å². The van der Waals surface area contributed by atoms with E-state index in [9.17, 15) is 4.39 Å². The van der Waals surface area contributed by atoms with Gasteiger partial charge in [0, 0.05) is 24.2 Å². The van der Waals surface area contributed by atoms with E-state index in [1.807, 2.05) is 0 Å². The van der Waals surface area contributed by atoms with Gasteiger partial charge in [-0.2, -0.15) is 0 Å². The zero-order valence-electron chi connectivity index (χ0n) is 12.6. The third-order valence-electron chi connectivity index (χ3n) is 4.38. The van der Waals surface area contributed by atoms with E-state index in [-0.39, 0.29) is 17.2 Å². The Kier molecular flexibility index (Phi) is 4.80. The molecule has 21 heavy (non-hydrogen) atoms. The lowest BCUT2D eigenvalue weighted by Gasteiger charge is -2.47. The molecule has 1 aliphatic rings. The van der Waals surface area contributed by atoms with Gasteiger partial charge in [0.1, 0.15) is 5.82 Å². The van der Waals surface area contributed by atoms with Gasteiger partial charge in [-0.05, 0) is 57.1 Å². The van der Waals surface area contributed by atoms with Crippen LogP contribution in [0, 0.1) is 5.82 Å². The van der Waals surface area contributed by atoms with Gasteiger partial charge < -0.3 is 21.2 Å². The molecule has 2 rings (SSSR count). The van der Waals surface area contributed by atoms with E-state index in [0.717, 1.165) is 12.1 Å². The molecule has 0 saturated heterocycles. The maximum atomic E-state index is 13.6. The molecule has 1 saturated carbocycles. The third-order valence-corrected chi connectivity index (χ3v) is 4.38. The van der Waals surface area contributed by atoms with Crippen molar-refractivity contribution in [2.45, 2.75) is 31.3 Å². The van der Waals surface area contributed by atoms with Crippen LogP contribution in [0.3, 0.4) is 0 Å². The second kappa shape index (κ2) is 6.41. The van der Waals surface area contributed by atoms with Crippen molar-refractivity contribution < 1.29 is 9.60 Å². The van der Waals surface area contributed by atoms with Gasteiger partial charge >= 0.3 is 0 Å². The molecule has 1 aromatic rings. The predicted molar refractivity (Wildman–Crippen MR) is 80.9 cm³/mol. The Balaban J connectivity index is 1.99. The zero-order valence-corrected chi connectivity index (χ0v) is 12.6. The molecular weight excluding hydrogens is 271 g/mol. The van der Waals surface area contributed by atoms with Gasteiger partial charge in [-0.25, -0.2) is 4.39 Å². The molecule has 4 N–H and O–H groups in total. The summed E-state index contributed by atoms with van der Waals surface area (Å²) in [4.78, 5) is 2.26. The van der Waals surface area contributed by atoms with Crippen LogP contribution in [-0.2, 0) is 6.54 Å². The number of hydrogen-bond donors (Lipinski definition) is 3. The average molecular weight is 294 g/mol. The molecule has 1 fully saturated rings.